The highest BCUT2D eigenvalue weighted by atomic mass is 19.1. The van der Waals surface area contributed by atoms with Crippen LogP contribution in [0.15, 0.2) is 65.6 Å². The van der Waals surface area contributed by atoms with Crippen molar-refractivity contribution in [2.45, 2.75) is 0 Å². The van der Waals surface area contributed by atoms with Gasteiger partial charge in [0.25, 0.3) is 5.56 Å². The Hall–Kier alpha value is -3.21. The van der Waals surface area contributed by atoms with Crippen LogP contribution in [0.1, 0.15) is 0 Å². The lowest BCUT2D eigenvalue weighted by Crippen LogP contribution is -2.07. The van der Waals surface area contributed by atoms with Gasteiger partial charge in [-0.25, -0.2) is 9.37 Å². The van der Waals surface area contributed by atoms with Crippen LogP contribution in [-0.4, -0.2) is 9.97 Å². The Balaban J connectivity index is 1.88. The van der Waals surface area contributed by atoms with Crippen molar-refractivity contribution in [1.82, 2.24) is 9.97 Å². The number of hydrogen-bond acceptors (Lipinski definition) is 3. The van der Waals surface area contributed by atoms with E-state index in [9.17, 15) is 9.18 Å². The molecule has 0 saturated carbocycles. The van der Waals surface area contributed by atoms with Gasteiger partial charge >= 0.3 is 0 Å². The highest BCUT2D eigenvalue weighted by Gasteiger charge is 2.06. The summed E-state index contributed by atoms with van der Waals surface area (Å²) in [5, 5.41) is 5.52. The van der Waals surface area contributed by atoms with Crippen molar-refractivity contribution >= 4 is 33.2 Å². The molecular weight excluding hydrogens is 293 g/mol. The van der Waals surface area contributed by atoms with Gasteiger partial charge in [0.1, 0.15) is 11.5 Å². The molecule has 0 radical (unpaired) electrons. The zero-order chi connectivity index (χ0) is 15.8. The number of pyridine rings is 2. The summed E-state index contributed by atoms with van der Waals surface area (Å²) < 4.78 is 13.0. The molecule has 2 aromatic carbocycles. The Morgan fingerprint density at radius 1 is 0.913 bits per heavy atom. The zero-order valence-electron chi connectivity index (χ0n) is 12.0. The smallest absolute Gasteiger partial charge is 0.257 e. The summed E-state index contributed by atoms with van der Waals surface area (Å²) in [5.74, 6) is -0.280. The van der Waals surface area contributed by atoms with Gasteiger partial charge in [0.2, 0.25) is 0 Å². The van der Waals surface area contributed by atoms with Crippen molar-refractivity contribution in [3.63, 3.8) is 0 Å². The van der Waals surface area contributed by atoms with Gasteiger partial charge in [-0.2, -0.15) is 0 Å². The molecule has 5 heteroatoms. The first-order valence-corrected chi connectivity index (χ1v) is 7.14. The number of benzene rings is 2. The van der Waals surface area contributed by atoms with Crippen molar-refractivity contribution in [2.75, 3.05) is 5.32 Å². The molecule has 0 amide bonds. The van der Waals surface area contributed by atoms with Gasteiger partial charge in [-0.1, -0.05) is 0 Å². The average molecular weight is 305 g/mol. The van der Waals surface area contributed by atoms with Gasteiger partial charge in [0, 0.05) is 33.7 Å². The number of fused-ring (bicyclic) bond motifs is 3. The molecule has 4 aromatic rings. The average Bonchev–Trinajstić information content (AvgIpc) is 2.57. The maximum absolute atomic E-state index is 13.0. The monoisotopic (exact) mass is 305 g/mol. The van der Waals surface area contributed by atoms with E-state index in [1.807, 2.05) is 24.3 Å². The first kappa shape index (κ1) is 13.5. The Morgan fingerprint density at radius 2 is 1.70 bits per heavy atom. The maximum atomic E-state index is 13.0. The Labute approximate surface area is 130 Å². The Bertz CT molecular complexity index is 1070. The van der Waals surface area contributed by atoms with Crippen molar-refractivity contribution in [2.24, 2.45) is 0 Å². The second kappa shape index (κ2) is 5.21. The van der Waals surface area contributed by atoms with Gasteiger partial charge < -0.3 is 10.3 Å². The molecule has 0 atom stereocenters. The van der Waals surface area contributed by atoms with Gasteiger partial charge in [0.05, 0.1) is 0 Å². The predicted octanol–water partition coefficient (Wildman–Crippen LogP) is 3.96. The van der Waals surface area contributed by atoms with E-state index in [0.717, 1.165) is 22.1 Å². The Kier molecular flexibility index (Phi) is 3.05. The van der Waals surface area contributed by atoms with Crippen LogP contribution >= 0.6 is 0 Å². The summed E-state index contributed by atoms with van der Waals surface area (Å²) in [6.45, 7) is 0. The number of anilines is 2. The summed E-state index contributed by atoms with van der Waals surface area (Å²) in [7, 11) is 0. The number of H-pyrrole nitrogens is 1. The zero-order valence-corrected chi connectivity index (χ0v) is 12.0. The minimum Gasteiger partial charge on any atom is -0.356 e. The van der Waals surface area contributed by atoms with E-state index in [-0.39, 0.29) is 11.4 Å². The fourth-order valence-corrected chi connectivity index (χ4v) is 2.64. The molecule has 2 N–H and O–H groups in total. The van der Waals surface area contributed by atoms with Gasteiger partial charge in [-0.05, 0) is 54.6 Å². The topological polar surface area (TPSA) is 57.8 Å². The van der Waals surface area contributed by atoms with Crippen molar-refractivity contribution < 1.29 is 4.39 Å². The summed E-state index contributed by atoms with van der Waals surface area (Å²) in [6.07, 6.45) is 1.64. The fraction of sp³-hybridized carbons (Fsp3) is 0. The molecule has 4 rings (SSSR count). The lowest BCUT2D eigenvalue weighted by atomic mass is 10.1. The number of nitrogens with one attached hydrogen (secondary N) is 2. The molecule has 0 aliphatic carbocycles. The second-order valence-corrected chi connectivity index (χ2v) is 5.25. The van der Waals surface area contributed by atoms with Crippen molar-refractivity contribution in [3.8, 4) is 0 Å². The van der Waals surface area contributed by atoms with Crippen molar-refractivity contribution in [1.29, 1.82) is 0 Å². The normalized spacial score (nSPS) is 11.0. The molecule has 23 heavy (non-hydrogen) atoms. The third-order valence-corrected chi connectivity index (χ3v) is 3.73. The van der Waals surface area contributed by atoms with E-state index >= 15 is 0 Å². The largest absolute Gasteiger partial charge is 0.356 e. The van der Waals surface area contributed by atoms with Crippen molar-refractivity contribution in [3.05, 3.63) is 77.0 Å². The van der Waals surface area contributed by atoms with E-state index in [0.29, 0.717) is 11.0 Å². The summed E-state index contributed by atoms with van der Waals surface area (Å²) >= 11 is 0. The first-order valence-electron chi connectivity index (χ1n) is 7.14. The fourth-order valence-electron chi connectivity index (χ4n) is 2.64. The molecule has 2 heterocycles. The van der Waals surface area contributed by atoms with E-state index in [2.05, 4.69) is 15.3 Å². The maximum Gasteiger partial charge on any atom is 0.257 e. The molecule has 2 aromatic heterocycles. The second-order valence-electron chi connectivity index (χ2n) is 5.25. The Morgan fingerprint density at radius 3 is 2.52 bits per heavy atom. The number of aromatic amines is 1. The first-order chi connectivity index (χ1) is 11.2. The quantitative estimate of drug-likeness (QED) is 0.551. The molecular formula is C18H12FN3O. The molecule has 0 aliphatic rings. The van der Waals surface area contributed by atoms with E-state index < -0.39 is 0 Å². The standard InChI is InChI=1S/C18H12FN3O/c19-11-3-5-12(6-4-11)21-13-7-8-15-16(10-13)14-2-1-9-20-17(14)22-18(15)23/h1-10,21H,(H,20,22,23). The van der Waals surface area contributed by atoms with Gasteiger partial charge in [0.15, 0.2) is 0 Å². The lowest BCUT2D eigenvalue weighted by Gasteiger charge is -2.09. The van der Waals surface area contributed by atoms with Gasteiger partial charge in [-0.15, -0.1) is 0 Å². The summed E-state index contributed by atoms with van der Waals surface area (Å²) in [4.78, 5) is 19.1. The van der Waals surface area contributed by atoms with Crippen LogP contribution in [0.2, 0.25) is 0 Å². The van der Waals surface area contributed by atoms with E-state index in [1.54, 1.807) is 24.4 Å². The molecule has 112 valence electrons. The number of rotatable bonds is 2. The highest BCUT2D eigenvalue weighted by Crippen LogP contribution is 2.25. The molecule has 0 aliphatic heterocycles. The predicted molar refractivity (Wildman–Crippen MR) is 89.6 cm³/mol. The number of aromatic nitrogens is 2. The number of hydrogen-bond donors (Lipinski definition) is 2. The minimum absolute atomic E-state index is 0.167. The third-order valence-electron chi connectivity index (χ3n) is 3.73. The van der Waals surface area contributed by atoms with E-state index in [4.69, 9.17) is 0 Å². The van der Waals surface area contributed by atoms with Crippen LogP contribution in [-0.2, 0) is 0 Å². The third kappa shape index (κ3) is 2.42. The van der Waals surface area contributed by atoms with Crippen LogP contribution in [0.25, 0.3) is 21.8 Å². The molecule has 0 unspecified atom stereocenters. The summed E-state index contributed by atoms with van der Waals surface area (Å²) in [6, 6.07) is 15.4. The molecule has 0 saturated heterocycles. The van der Waals surface area contributed by atoms with Crippen LogP contribution in [0.4, 0.5) is 15.8 Å². The van der Waals surface area contributed by atoms with Crippen LogP contribution < -0.4 is 10.9 Å². The lowest BCUT2D eigenvalue weighted by molar-refractivity contribution is 0.628. The van der Waals surface area contributed by atoms with Crippen LogP contribution in [0, 0.1) is 5.82 Å². The van der Waals surface area contributed by atoms with Crippen LogP contribution in [0.5, 0.6) is 0 Å². The number of halogens is 1. The molecule has 0 fully saturated rings. The van der Waals surface area contributed by atoms with Gasteiger partial charge in [-0.3, -0.25) is 4.79 Å². The molecule has 0 spiro atoms. The summed E-state index contributed by atoms with van der Waals surface area (Å²) in [5.41, 5.74) is 1.99. The molecule has 4 nitrogen and oxygen atoms in total. The highest BCUT2D eigenvalue weighted by molar-refractivity contribution is 6.05. The number of nitrogens with zero attached hydrogens (tertiary/aromatic N) is 1. The SMILES string of the molecule is O=c1[nH]c2ncccc2c2cc(Nc3ccc(F)cc3)ccc12. The molecule has 0 bridgehead atoms. The minimum atomic E-state index is -0.280. The van der Waals surface area contributed by atoms with E-state index in [1.165, 1.54) is 12.1 Å². The van der Waals surface area contributed by atoms with Crippen LogP contribution in [0.3, 0.4) is 0 Å².